The van der Waals surface area contributed by atoms with Gasteiger partial charge in [0.2, 0.25) is 0 Å². The number of para-hydroxylation sites is 1. The molecule has 5 rings (SSSR count). The first-order valence-electron chi connectivity index (χ1n) is 13.1. The summed E-state index contributed by atoms with van der Waals surface area (Å²) in [5.41, 5.74) is 6.65. The van der Waals surface area contributed by atoms with Gasteiger partial charge >= 0.3 is 5.69 Å². The number of rotatable bonds is 7. The standard InChI is InChI=1S/C30H30F3N5O2/c1-20-28(36-16-14-35(15-17-36)27-13-6-5-10-25(27)33)29(39)38(19-26(34)21-8-3-2-4-9-21)30(40)37(20)18-22-23(31)11-7-12-24(22)32/h2-13,26H,14-19,34H2,1H3/t26-/m1/s1. The van der Waals surface area contributed by atoms with Gasteiger partial charge in [0.15, 0.2) is 0 Å². The number of nitrogens with zero attached hydrogens (tertiary/aromatic N) is 4. The Labute approximate surface area is 229 Å². The summed E-state index contributed by atoms with van der Waals surface area (Å²) in [6.07, 6.45) is 0. The van der Waals surface area contributed by atoms with E-state index in [0.717, 1.165) is 22.3 Å². The number of nitrogens with two attached hydrogens (primary N) is 1. The molecule has 10 heteroatoms. The highest BCUT2D eigenvalue weighted by Gasteiger charge is 2.27. The first-order chi connectivity index (χ1) is 19.3. The SMILES string of the molecule is Cc1c(N2CCN(c3ccccc3F)CC2)c(=O)n(C[C@@H](N)c2ccccc2)c(=O)n1Cc1c(F)cccc1F. The molecule has 1 saturated heterocycles. The van der Waals surface area contributed by atoms with Gasteiger partial charge in [-0.15, -0.1) is 0 Å². The van der Waals surface area contributed by atoms with Crippen LogP contribution in [0.2, 0.25) is 0 Å². The summed E-state index contributed by atoms with van der Waals surface area (Å²) in [5, 5.41) is 0. The van der Waals surface area contributed by atoms with Crippen molar-refractivity contribution in [2.24, 2.45) is 5.73 Å². The lowest BCUT2D eigenvalue weighted by molar-refractivity contribution is 0.489. The summed E-state index contributed by atoms with van der Waals surface area (Å²) in [4.78, 5) is 31.3. The van der Waals surface area contributed by atoms with E-state index in [4.69, 9.17) is 5.73 Å². The normalized spacial score (nSPS) is 14.4. The molecule has 40 heavy (non-hydrogen) atoms. The maximum Gasteiger partial charge on any atom is 0.331 e. The van der Waals surface area contributed by atoms with Crippen LogP contribution >= 0.6 is 0 Å². The monoisotopic (exact) mass is 549 g/mol. The molecule has 2 heterocycles. The third kappa shape index (κ3) is 5.27. The molecule has 208 valence electrons. The molecule has 0 amide bonds. The number of aromatic nitrogens is 2. The summed E-state index contributed by atoms with van der Waals surface area (Å²) in [6, 6.07) is 18.4. The predicted molar refractivity (Wildman–Crippen MR) is 149 cm³/mol. The number of anilines is 2. The van der Waals surface area contributed by atoms with E-state index < -0.39 is 35.5 Å². The highest BCUT2D eigenvalue weighted by atomic mass is 19.1. The summed E-state index contributed by atoms with van der Waals surface area (Å²) in [7, 11) is 0. The number of hydrogen-bond acceptors (Lipinski definition) is 5. The third-order valence-corrected chi connectivity index (χ3v) is 7.43. The Morgan fingerprint density at radius 2 is 1.32 bits per heavy atom. The second kappa shape index (κ2) is 11.4. The zero-order chi connectivity index (χ0) is 28.4. The lowest BCUT2D eigenvalue weighted by atomic mass is 10.1. The molecular formula is C30H30F3N5O2. The Morgan fingerprint density at radius 1 is 0.750 bits per heavy atom. The lowest BCUT2D eigenvalue weighted by Gasteiger charge is -2.38. The van der Waals surface area contributed by atoms with Crippen LogP contribution < -0.4 is 26.8 Å². The van der Waals surface area contributed by atoms with Crippen LogP contribution in [-0.2, 0) is 13.1 Å². The van der Waals surface area contributed by atoms with Gasteiger partial charge in [-0.3, -0.25) is 13.9 Å². The molecule has 1 aliphatic rings. The minimum Gasteiger partial charge on any atom is -0.366 e. The number of benzene rings is 3. The first kappa shape index (κ1) is 27.3. The van der Waals surface area contributed by atoms with Gasteiger partial charge in [0, 0.05) is 43.5 Å². The van der Waals surface area contributed by atoms with Crippen molar-refractivity contribution < 1.29 is 13.2 Å². The van der Waals surface area contributed by atoms with Crippen LogP contribution in [0, 0.1) is 24.4 Å². The van der Waals surface area contributed by atoms with Gasteiger partial charge in [-0.25, -0.2) is 18.0 Å². The summed E-state index contributed by atoms with van der Waals surface area (Å²) in [5.74, 6) is -1.90. The molecule has 0 bridgehead atoms. The lowest BCUT2D eigenvalue weighted by Crippen LogP contribution is -2.52. The molecule has 3 aromatic carbocycles. The van der Waals surface area contributed by atoms with Crippen molar-refractivity contribution in [2.75, 3.05) is 36.0 Å². The molecule has 4 aromatic rings. The van der Waals surface area contributed by atoms with Crippen molar-refractivity contribution in [2.45, 2.75) is 26.1 Å². The number of halogens is 3. The van der Waals surface area contributed by atoms with E-state index in [0.29, 0.717) is 37.6 Å². The fraction of sp³-hybridized carbons (Fsp3) is 0.267. The maximum absolute atomic E-state index is 14.6. The molecule has 7 nitrogen and oxygen atoms in total. The van der Waals surface area contributed by atoms with Crippen molar-refractivity contribution in [1.29, 1.82) is 0 Å². The van der Waals surface area contributed by atoms with Crippen LogP contribution in [-0.4, -0.2) is 35.3 Å². The highest BCUT2D eigenvalue weighted by molar-refractivity contribution is 5.54. The Morgan fingerprint density at radius 3 is 1.98 bits per heavy atom. The smallest absolute Gasteiger partial charge is 0.331 e. The van der Waals surface area contributed by atoms with Crippen molar-refractivity contribution in [3.63, 3.8) is 0 Å². The van der Waals surface area contributed by atoms with E-state index >= 15 is 0 Å². The van der Waals surface area contributed by atoms with Crippen LogP contribution in [0.3, 0.4) is 0 Å². The largest absolute Gasteiger partial charge is 0.366 e. The van der Waals surface area contributed by atoms with E-state index in [2.05, 4.69) is 0 Å². The van der Waals surface area contributed by atoms with E-state index in [1.54, 1.807) is 37.3 Å². The third-order valence-electron chi connectivity index (χ3n) is 7.43. The van der Waals surface area contributed by atoms with E-state index in [1.165, 1.54) is 16.7 Å². The van der Waals surface area contributed by atoms with Gasteiger partial charge in [0.1, 0.15) is 23.1 Å². The van der Waals surface area contributed by atoms with Crippen LogP contribution in [0.25, 0.3) is 0 Å². The number of hydrogen-bond donors (Lipinski definition) is 1. The van der Waals surface area contributed by atoms with Crippen LogP contribution in [0.1, 0.15) is 22.9 Å². The zero-order valence-electron chi connectivity index (χ0n) is 22.1. The quantitative estimate of drug-likeness (QED) is 0.380. The van der Waals surface area contributed by atoms with Crippen LogP contribution in [0.15, 0.2) is 82.4 Å². The Bertz CT molecular complexity index is 1610. The zero-order valence-corrected chi connectivity index (χ0v) is 22.1. The van der Waals surface area contributed by atoms with Crippen LogP contribution in [0.5, 0.6) is 0 Å². The van der Waals surface area contributed by atoms with E-state index in [-0.39, 0.29) is 23.6 Å². The molecule has 0 saturated carbocycles. The molecule has 0 unspecified atom stereocenters. The fourth-order valence-corrected chi connectivity index (χ4v) is 5.22. The number of piperazine rings is 1. The van der Waals surface area contributed by atoms with Crippen LogP contribution in [0.4, 0.5) is 24.5 Å². The molecule has 1 fully saturated rings. The second-order valence-corrected chi connectivity index (χ2v) is 9.86. The Hall–Kier alpha value is -4.31. The van der Waals surface area contributed by atoms with Crippen molar-refractivity contribution in [3.8, 4) is 0 Å². The molecule has 1 aliphatic heterocycles. The minimum atomic E-state index is -0.787. The molecular weight excluding hydrogens is 519 g/mol. The second-order valence-electron chi connectivity index (χ2n) is 9.86. The molecule has 0 aliphatic carbocycles. The van der Waals surface area contributed by atoms with Gasteiger partial charge in [-0.2, -0.15) is 0 Å². The van der Waals surface area contributed by atoms with E-state index in [9.17, 15) is 22.8 Å². The van der Waals surface area contributed by atoms with Crippen molar-refractivity contribution in [1.82, 2.24) is 9.13 Å². The van der Waals surface area contributed by atoms with Gasteiger partial charge in [-0.05, 0) is 36.8 Å². The molecule has 1 aromatic heterocycles. The van der Waals surface area contributed by atoms with Gasteiger partial charge in [-0.1, -0.05) is 48.5 Å². The summed E-state index contributed by atoms with van der Waals surface area (Å²) < 4.78 is 45.9. The fourth-order valence-electron chi connectivity index (χ4n) is 5.22. The topological polar surface area (TPSA) is 76.5 Å². The molecule has 2 N–H and O–H groups in total. The first-order valence-corrected chi connectivity index (χ1v) is 13.1. The summed E-state index contributed by atoms with van der Waals surface area (Å²) >= 11 is 0. The van der Waals surface area contributed by atoms with Gasteiger partial charge in [0.05, 0.1) is 18.8 Å². The highest BCUT2D eigenvalue weighted by Crippen LogP contribution is 2.24. The van der Waals surface area contributed by atoms with Crippen molar-refractivity contribution >= 4 is 11.4 Å². The van der Waals surface area contributed by atoms with Crippen molar-refractivity contribution in [3.05, 3.63) is 128 Å². The van der Waals surface area contributed by atoms with Gasteiger partial charge in [0.25, 0.3) is 5.56 Å². The Kier molecular flexibility index (Phi) is 7.79. The minimum absolute atomic E-state index is 0.121. The van der Waals surface area contributed by atoms with Gasteiger partial charge < -0.3 is 15.5 Å². The van der Waals surface area contributed by atoms with E-state index in [1.807, 2.05) is 28.0 Å². The summed E-state index contributed by atoms with van der Waals surface area (Å²) in [6.45, 7) is 2.70. The molecule has 1 atom stereocenters. The average molecular weight is 550 g/mol. The maximum atomic E-state index is 14.6. The molecule has 0 spiro atoms. The predicted octanol–water partition coefficient (Wildman–Crippen LogP) is 3.81. The molecule has 0 radical (unpaired) electrons. The average Bonchev–Trinajstić information content (AvgIpc) is 2.96. The Balaban J connectivity index is 1.55.